The van der Waals surface area contributed by atoms with E-state index in [9.17, 15) is 18.8 Å². The monoisotopic (exact) mass is 284 g/mol. The number of anilines is 1. The van der Waals surface area contributed by atoms with Gasteiger partial charge >= 0.3 is 12.0 Å². The van der Waals surface area contributed by atoms with E-state index < -0.39 is 36.9 Å². The van der Waals surface area contributed by atoms with E-state index in [1.807, 2.05) is 5.32 Å². The highest BCUT2D eigenvalue weighted by molar-refractivity contribution is 6.02. The first kappa shape index (κ1) is 15.6. The van der Waals surface area contributed by atoms with E-state index in [0.29, 0.717) is 0 Å². The van der Waals surface area contributed by atoms with Crippen molar-refractivity contribution in [1.29, 1.82) is 0 Å². The second-order valence-electron chi connectivity index (χ2n) is 3.78. The molecule has 0 fully saturated rings. The van der Waals surface area contributed by atoms with Crippen molar-refractivity contribution in [2.24, 2.45) is 0 Å². The second kappa shape index (κ2) is 7.19. The number of hydrogen-bond acceptors (Lipinski definition) is 4. The molecule has 0 aliphatic heterocycles. The fraction of sp³-hybridized carbons (Fsp3) is 0.250. The first-order valence-electron chi connectivity index (χ1n) is 5.53. The molecule has 0 saturated heterocycles. The van der Waals surface area contributed by atoms with Gasteiger partial charge in [0, 0.05) is 12.7 Å². The molecule has 1 rings (SSSR count). The van der Waals surface area contributed by atoms with E-state index in [1.165, 1.54) is 25.2 Å². The number of carboxylic acid groups (broad SMARTS) is 1. The van der Waals surface area contributed by atoms with Gasteiger partial charge in [0.1, 0.15) is 19.0 Å². The highest BCUT2D eigenvalue weighted by Gasteiger charge is 2.14. The van der Waals surface area contributed by atoms with E-state index in [1.54, 1.807) is 0 Å². The van der Waals surface area contributed by atoms with Gasteiger partial charge in [0.15, 0.2) is 0 Å². The van der Waals surface area contributed by atoms with Gasteiger partial charge in [-0.25, -0.2) is 14.0 Å². The van der Waals surface area contributed by atoms with Crippen LogP contribution in [0.15, 0.2) is 24.3 Å². The number of carbonyl (C=O) groups is 3. The highest BCUT2D eigenvalue weighted by Crippen LogP contribution is 2.13. The Kier molecular flexibility index (Phi) is 5.60. The standard InChI is InChI=1S/C12H13FN2O5/c1-15(9-4-2-3-8(13)5-9)12(19)14-10(16)6-20-7-11(17)18/h2-5H,6-7H2,1H3,(H,17,18)(H,14,16,19). The number of nitrogens with one attached hydrogen (secondary N) is 1. The summed E-state index contributed by atoms with van der Waals surface area (Å²) in [5.74, 6) is -2.53. The van der Waals surface area contributed by atoms with E-state index in [4.69, 9.17) is 5.11 Å². The molecule has 0 unspecified atom stereocenters. The number of urea groups is 1. The number of nitrogens with zero attached hydrogens (tertiary/aromatic N) is 1. The Bertz CT molecular complexity index is 520. The quantitative estimate of drug-likeness (QED) is 0.825. The zero-order chi connectivity index (χ0) is 15.1. The average molecular weight is 284 g/mol. The third-order valence-corrected chi connectivity index (χ3v) is 2.21. The van der Waals surface area contributed by atoms with Crippen LogP contribution in [0.1, 0.15) is 0 Å². The second-order valence-corrected chi connectivity index (χ2v) is 3.78. The van der Waals surface area contributed by atoms with Crippen LogP contribution in [0.3, 0.4) is 0 Å². The summed E-state index contributed by atoms with van der Waals surface area (Å²) in [4.78, 5) is 34.1. The molecule has 2 N–H and O–H groups in total. The summed E-state index contributed by atoms with van der Waals surface area (Å²) in [6.45, 7) is -1.20. The minimum Gasteiger partial charge on any atom is -0.480 e. The summed E-state index contributed by atoms with van der Waals surface area (Å²) in [5.41, 5.74) is 0.266. The van der Waals surface area contributed by atoms with Crippen molar-refractivity contribution >= 4 is 23.6 Å². The number of carboxylic acids is 1. The number of aliphatic carboxylic acids is 1. The lowest BCUT2D eigenvalue weighted by Gasteiger charge is -2.17. The maximum Gasteiger partial charge on any atom is 0.329 e. The Morgan fingerprint density at radius 3 is 2.65 bits per heavy atom. The molecule has 108 valence electrons. The van der Waals surface area contributed by atoms with Gasteiger partial charge in [-0.1, -0.05) is 6.07 Å². The minimum absolute atomic E-state index is 0.266. The van der Waals surface area contributed by atoms with Crippen LogP contribution in [0.5, 0.6) is 0 Å². The predicted molar refractivity (Wildman–Crippen MR) is 66.8 cm³/mol. The molecule has 1 aromatic carbocycles. The molecule has 20 heavy (non-hydrogen) atoms. The van der Waals surface area contributed by atoms with Crippen molar-refractivity contribution in [2.45, 2.75) is 0 Å². The van der Waals surface area contributed by atoms with Gasteiger partial charge in [-0.05, 0) is 18.2 Å². The minimum atomic E-state index is -1.22. The van der Waals surface area contributed by atoms with E-state index in [0.717, 1.165) is 11.0 Å². The number of ether oxygens (including phenoxy) is 1. The number of imide groups is 1. The van der Waals surface area contributed by atoms with Crippen LogP contribution in [0.25, 0.3) is 0 Å². The van der Waals surface area contributed by atoms with Gasteiger partial charge in [-0.2, -0.15) is 0 Å². The molecule has 0 aliphatic carbocycles. The van der Waals surface area contributed by atoms with E-state index in [2.05, 4.69) is 4.74 Å². The lowest BCUT2D eigenvalue weighted by Crippen LogP contribution is -2.42. The first-order valence-corrected chi connectivity index (χ1v) is 5.53. The topological polar surface area (TPSA) is 95.9 Å². The van der Waals surface area contributed by atoms with Crippen LogP contribution in [0.4, 0.5) is 14.9 Å². The van der Waals surface area contributed by atoms with Crippen molar-refractivity contribution in [1.82, 2.24) is 5.32 Å². The smallest absolute Gasteiger partial charge is 0.329 e. The molecule has 8 heteroatoms. The van der Waals surface area contributed by atoms with Crippen molar-refractivity contribution in [3.63, 3.8) is 0 Å². The summed E-state index contributed by atoms with van der Waals surface area (Å²) in [6, 6.07) is 4.49. The molecule has 3 amide bonds. The van der Waals surface area contributed by atoms with Crippen molar-refractivity contribution in [3.05, 3.63) is 30.1 Å². The van der Waals surface area contributed by atoms with Gasteiger partial charge in [-0.15, -0.1) is 0 Å². The third kappa shape index (κ3) is 5.02. The molecule has 0 radical (unpaired) electrons. The third-order valence-electron chi connectivity index (χ3n) is 2.21. The number of amides is 3. The maximum atomic E-state index is 13.0. The van der Waals surface area contributed by atoms with Crippen LogP contribution in [0, 0.1) is 5.82 Å². The summed E-state index contributed by atoms with van der Waals surface area (Å²) in [5, 5.41) is 10.3. The lowest BCUT2D eigenvalue weighted by molar-refractivity contribution is -0.143. The van der Waals surface area contributed by atoms with Crippen molar-refractivity contribution < 1.29 is 28.6 Å². The molecule has 0 bridgehead atoms. The molecule has 0 spiro atoms. The number of halogens is 1. The molecule has 0 aliphatic rings. The van der Waals surface area contributed by atoms with E-state index in [-0.39, 0.29) is 5.69 Å². The molecule has 0 saturated carbocycles. The SMILES string of the molecule is CN(C(=O)NC(=O)COCC(=O)O)c1cccc(F)c1. The average Bonchev–Trinajstić information content (AvgIpc) is 2.37. The Morgan fingerprint density at radius 2 is 2.05 bits per heavy atom. The maximum absolute atomic E-state index is 13.0. The fourth-order valence-corrected chi connectivity index (χ4v) is 1.27. The van der Waals surface area contributed by atoms with Gasteiger partial charge in [0.05, 0.1) is 0 Å². The van der Waals surface area contributed by atoms with Crippen molar-refractivity contribution in [2.75, 3.05) is 25.2 Å². The Hall–Kier alpha value is -2.48. The number of rotatable bonds is 5. The molecule has 0 aromatic heterocycles. The van der Waals surface area contributed by atoms with Crippen LogP contribution >= 0.6 is 0 Å². The summed E-state index contributed by atoms with van der Waals surface area (Å²) >= 11 is 0. The molecule has 7 nitrogen and oxygen atoms in total. The van der Waals surface area contributed by atoms with Crippen LogP contribution in [0.2, 0.25) is 0 Å². The Balaban J connectivity index is 2.49. The largest absolute Gasteiger partial charge is 0.480 e. The molecular weight excluding hydrogens is 271 g/mol. The van der Waals surface area contributed by atoms with Crippen LogP contribution < -0.4 is 10.2 Å². The number of benzene rings is 1. The zero-order valence-corrected chi connectivity index (χ0v) is 10.6. The van der Waals surface area contributed by atoms with Crippen LogP contribution in [-0.2, 0) is 14.3 Å². The fourth-order valence-electron chi connectivity index (χ4n) is 1.27. The molecule has 0 atom stereocenters. The Morgan fingerprint density at radius 1 is 1.35 bits per heavy atom. The first-order chi connectivity index (χ1) is 9.40. The zero-order valence-electron chi connectivity index (χ0n) is 10.6. The van der Waals surface area contributed by atoms with Gasteiger partial charge < -0.3 is 9.84 Å². The molecule has 0 heterocycles. The number of hydrogen-bond donors (Lipinski definition) is 2. The summed E-state index contributed by atoms with van der Waals surface area (Å²) in [6.07, 6.45) is 0. The highest BCUT2D eigenvalue weighted by atomic mass is 19.1. The van der Waals surface area contributed by atoms with Crippen molar-refractivity contribution in [3.8, 4) is 0 Å². The van der Waals surface area contributed by atoms with Gasteiger partial charge in [0.2, 0.25) is 0 Å². The normalized spacial score (nSPS) is 9.90. The lowest BCUT2D eigenvalue weighted by atomic mass is 10.3. The summed E-state index contributed by atoms with van der Waals surface area (Å²) in [7, 11) is 1.36. The predicted octanol–water partition coefficient (Wildman–Crippen LogP) is 0.599. The van der Waals surface area contributed by atoms with Gasteiger partial charge in [0.25, 0.3) is 5.91 Å². The van der Waals surface area contributed by atoms with Crippen LogP contribution in [-0.4, -0.2) is 43.3 Å². The van der Waals surface area contributed by atoms with E-state index >= 15 is 0 Å². The summed E-state index contributed by atoms with van der Waals surface area (Å²) < 4.78 is 17.5. The number of carbonyl (C=O) groups excluding carboxylic acids is 2. The molecule has 1 aromatic rings. The molecular formula is C12H13FN2O5. The van der Waals surface area contributed by atoms with Gasteiger partial charge in [-0.3, -0.25) is 15.0 Å². The Labute approximate surface area is 113 Å².